The highest BCUT2D eigenvalue weighted by Crippen LogP contribution is 2.32. The first kappa shape index (κ1) is 22.3. The van der Waals surface area contributed by atoms with Crippen molar-refractivity contribution in [2.45, 2.75) is 45.1 Å². The van der Waals surface area contributed by atoms with Gasteiger partial charge in [-0.05, 0) is 54.2 Å². The number of anilines is 1. The predicted molar refractivity (Wildman–Crippen MR) is 138 cm³/mol. The second-order valence-electron chi connectivity index (χ2n) is 10.4. The number of aryl methyl sites for hydroxylation is 1. The quantitative estimate of drug-likeness (QED) is 0.441. The number of nitrogens with zero attached hydrogens (tertiary/aromatic N) is 3. The van der Waals surface area contributed by atoms with Crippen LogP contribution in [0.15, 0.2) is 60.9 Å². The summed E-state index contributed by atoms with van der Waals surface area (Å²) in [5, 5.41) is 8.78. The van der Waals surface area contributed by atoms with Crippen LogP contribution in [0.4, 0.5) is 5.69 Å². The molecular formula is C28H33N5O. The molecule has 5 rings (SSSR count). The van der Waals surface area contributed by atoms with Gasteiger partial charge < -0.3 is 15.2 Å². The summed E-state index contributed by atoms with van der Waals surface area (Å²) in [7, 11) is 1.93. The van der Waals surface area contributed by atoms with E-state index in [0.717, 1.165) is 48.3 Å². The molecule has 34 heavy (non-hydrogen) atoms. The van der Waals surface area contributed by atoms with Crippen LogP contribution in [0.25, 0.3) is 22.2 Å². The summed E-state index contributed by atoms with van der Waals surface area (Å²) in [4.78, 5) is 18.9. The van der Waals surface area contributed by atoms with E-state index in [-0.39, 0.29) is 17.4 Å². The smallest absolute Gasteiger partial charge is 0.251 e. The van der Waals surface area contributed by atoms with E-state index < -0.39 is 0 Å². The van der Waals surface area contributed by atoms with Gasteiger partial charge in [-0.25, -0.2) is 0 Å². The van der Waals surface area contributed by atoms with Gasteiger partial charge in [-0.3, -0.25) is 9.48 Å². The van der Waals surface area contributed by atoms with Crippen molar-refractivity contribution in [3.63, 3.8) is 0 Å². The Kier molecular flexibility index (Phi) is 5.68. The molecule has 6 heteroatoms. The summed E-state index contributed by atoms with van der Waals surface area (Å²) in [6, 6.07) is 16.7. The fourth-order valence-corrected chi connectivity index (χ4v) is 4.83. The van der Waals surface area contributed by atoms with Gasteiger partial charge in [0.1, 0.15) is 0 Å². The maximum absolute atomic E-state index is 12.9. The molecule has 0 saturated carbocycles. The van der Waals surface area contributed by atoms with E-state index in [1.807, 2.05) is 36.3 Å². The van der Waals surface area contributed by atoms with Gasteiger partial charge in [0.05, 0.1) is 6.20 Å². The Morgan fingerprint density at radius 1 is 1.15 bits per heavy atom. The first-order valence-electron chi connectivity index (χ1n) is 12.0. The van der Waals surface area contributed by atoms with Crippen molar-refractivity contribution in [2.24, 2.45) is 7.05 Å². The minimum Gasteiger partial charge on any atom is -0.369 e. The number of piperidine rings is 1. The number of hydrogen-bond donors (Lipinski definition) is 2. The van der Waals surface area contributed by atoms with E-state index in [0.29, 0.717) is 0 Å². The van der Waals surface area contributed by atoms with E-state index in [1.165, 1.54) is 16.6 Å². The van der Waals surface area contributed by atoms with Crippen LogP contribution < -0.4 is 10.2 Å². The molecule has 1 fully saturated rings. The number of fused-ring (bicyclic) bond motifs is 1. The minimum atomic E-state index is 0.00558. The zero-order valence-corrected chi connectivity index (χ0v) is 20.4. The second-order valence-corrected chi connectivity index (χ2v) is 10.4. The van der Waals surface area contributed by atoms with E-state index in [9.17, 15) is 4.79 Å². The lowest BCUT2D eigenvalue weighted by Crippen LogP contribution is -2.47. The Hall–Kier alpha value is -3.54. The van der Waals surface area contributed by atoms with E-state index in [2.05, 4.69) is 77.5 Å². The fourth-order valence-electron chi connectivity index (χ4n) is 4.83. The molecular weight excluding hydrogens is 422 g/mol. The number of rotatable bonds is 4. The molecule has 2 N–H and O–H groups in total. The number of carbonyl (C=O) groups is 1. The molecule has 2 aromatic carbocycles. The molecule has 6 nitrogen and oxygen atoms in total. The van der Waals surface area contributed by atoms with Gasteiger partial charge in [-0.15, -0.1) is 0 Å². The van der Waals surface area contributed by atoms with Crippen molar-refractivity contribution in [1.29, 1.82) is 0 Å². The Morgan fingerprint density at radius 3 is 2.65 bits per heavy atom. The number of hydrogen-bond acceptors (Lipinski definition) is 3. The van der Waals surface area contributed by atoms with Crippen molar-refractivity contribution in [3.8, 4) is 11.3 Å². The van der Waals surface area contributed by atoms with Crippen molar-refractivity contribution in [1.82, 2.24) is 20.1 Å². The first-order valence-corrected chi connectivity index (χ1v) is 12.0. The molecule has 0 radical (unpaired) electrons. The summed E-state index contributed by atoms with van der Waals surface area (Å²) in [5.74, 6) is 0.00558. The zero-order valence-electron chi connectivity index (χ0n) is 20.4. The average molecular weight is 456 g/mol. The van der Waals surface area contributed by atoms with Crippen LogP contribution in [0, 0.1) is 0 Å². The Labute approximate surface area is 201 Å². The average Bonchev–Trinajstić information content (AvgIpc) is 3.44. The molecule has 2 aromatic heterocycles. The van der Waals surface area contributed by atoms with Gasteiger partial charge in [-0.1, -0.05) is 39.0 Å². The second kappa shape index (κ2) is 8.67. The maximum Gasteiger partial charge on any atom is 0.251 e. The van der Waals surface area contributed by atoms with Crippen LogP contribution in [0.3, 0.4) is 0 Å². The van der Waals surface area contributed by atoms with E-state index >= 15 is 0 Å². The lowest BCUT2D eigenvalue weighted by Gasteiger charge is -2.35. The number of benzene rings is 2. The summed E-state index contributed by atoms with van der Waals surface area (Å²) in [6.45, 7) is 8.34. The van der Waals surface area contributed by atoms with Crippen molar-refractivity contribution >= 4 is 22.5 Å². The zero-order chi connectivity index (χ0) is 23.9. The molecule has 0 spiro atoms. The SMILES string of the molecule is Cn1cc(-c2cc3c(N4CCC[C@@H](NC(=O)c5ccc(C(C)(C)C)cc5)C4)cccc3[nH]2)cn1. The van der Waals surface area contributed by atoms with Gasteiger partial charge in [0, 0.05) is 65.8 Å². The number of aromatic amines is 1. The molecule has 4 aromatic rings. The lowest BCUT2D eigenvalue weighted by atomic mass is 9.86. The van der Waals surface area contributed by atoms with Gasteiger partial charge in [0.15, 0.2) is 0 Å². The van der Waals surface area contributed by atoms with Gasteiger partial charge in [0.2, 0.25) is 0 Å². The molecule has 0 aliphatic carbocycles. The van der Waals surface area contributed by atoms with Crippen molar-refractivity contribution in [2.75, 3.05) is 18.0 Å². The van der Waals surface area contributed by atoms with E-state index in [1.54, 1.807) is 0 Å². The molecule has 0 unspecified atom stereocenters. The van der Waals surface area contributed by atoms with Crippen LogP contribution >= 0.6 is 0 Å². The largest absolute Gasteiger partial charge is 0.369 e. The third kappa shape index (κ3) is 4.45. The molecule has 176 valence electrons. The predicted octanol–water partition coefficient (Wildman–Crippen LogP) is 5.26. The highest BCUT2D eigenvalue weighted by Gasteiger charge is 2.24. The number of nitrogens with one attached hydrogen (secondary N) is 2. The molecule has 0 bridgehead atoms. The topological polar surface area (TPSA) is 65.9 Å². The van der Waals surface area contributed by atoms with Crippen molar-refractivity contribution < 1.29 is 4.79 Å². The first-order chi connectivity index (χ1) is 16.3. The van der Waals surface area contributed by atoms with Crippen LogP contribution in [-0.2, 0) is 12.5 Å². The summed E-state index contributed by atoms with van der Waals surface area (Å²) >= 11 is 0. The summed E-state index contributed by atoms with van der Waals surface area (Å²) in [5.41, 5.74) is 6.49. The van der Waals surface area contributed by atoms with Gasteiger partial charge in [0.25, 0.3) is 5.91 Å². The van der Waals surface area contributed by atoms with Crippen LogP contribution in [0.5, 0.6) is 0 Å². The number of amides is 1. The Balaban J connectivity index is 1.32. The third-order valence-electron chi connectivity index (χ3n) is 6.77. The maximum atomic E-state index is 12.9. The number of H-pyrrole nitrogens is 1. The van der Waals surface area contributed by atoms with Gasteiger partial charge in [-0.2, -0.15) is 5.10 Å². The lowest BCUT2D eigenvalue weighted by molar-refractivity contribution is 0.0933. The molecule has 1 saturated heterocycles. The van der Waals surface area contributed by atoms with Crippen LogP contribution in [0.2, 0.25) is 0 Å². The highest BCUT2D eigenvalue weighted by molar-refractivity contribution is 5.96. The fraction of sp³-hybridized carbons (Fsp3) is 0.357. The molecule has 1 atom stereocenters. The molecule has 1 aliphatic heterocycles. The monoisotopic (exact) mass is 455 g/mol. The third-order valence-corrected chi connectivity index (χ3v) is 6.77. The van der Waals surface area contributed by atoms with E-state index in [4.69, 9.17) is 0 Å². The Morgan fingerprint density at radius 2 is 1.94 bits per heavy atom. The summed E-state index contributed by atoms with van der Waals surface area (Å²) < 4.78 is 1.82. The summed E-state index contributed by atoms with van der Waals surface area (Å²) in [6.07, 6.45) is 5.94. The molecule has 3 heterocycles. The highest BCUT2D eigenvalue weighted by atomic mass is 16.1. The molecule has 1 aliphatic rings. The van der Waals surface area contributed by atoms with Crippen LogP contribution in [-0.4, -0.2) is 39.8 Å². The normalized spacial score (nSPS) is 16.7. The standard InChI is InChI=1S/C28H33N5O/c1-28(2,3)21-12-10-19(11-13-21)27(34)30-22-7-6-14-33(18-22)26-9-5-8-24-23(26)15-25(31-24)20-16-29-32(4)17-20/h5,8-13,15-17,22,31H,6-7,14,18H2,1-4H3,(H,30,34)/t22-/m1/s1. The van der Waals surface area contributed by atoms with Crippen LogP contribution in [0.1, 0.15) is 49.5 Å². The van der Waals surface area contributed by atoms with Gasteiger partial charge >= 0.3 is 0 Å². The van der Waals surface area contributed by atoms with Crippen molar-refractivity contribution in [3.05, 3.63) is 72.1 Å². The number of carbonyl (C=O) groups excluding carboxylic acids is 1. The number of aromatic nitrogens is 3. The Bertz CT molecular complexity index is 1310. The molecule has 1 amide bonds. The minimum absolute atomic E-state index is 0.00558.